The first-order valence-corrected chi connectivity index (χ1v) is 8.50. The lowest BCUT2D eigenvalue weighted by molar-refractivity contribution is 0.325. The van der Waals surface area contributed by atoms with Gasteiger partial charge in [-0.15, -0.1) is 0 Å². The van der Waals surface area contributed by atoms with E-state index < -0.39 is 10.2 Å². The third-order valence-electron chi connectivity index (χ3n) is 4.34. The maximum absolute atomic E-state index is 12.4. The molecule has 108 valence electrons. The summed E-state index contributed by atoms with van der Waals surface area (Å²) in [6, 6.07) is 17.7. The zero-order chi connectivity index (χ0) is 14.4. The van der Waals surface area contributed by atoms with Crippen molar-refractivity contribution in [1.29, 1.82) is 0 Å². The zero-order valence-electron chi connectivity index (χ0n) is 11.4. The molecule has 21 heavy (non-hydrogen) atoms. The van der Waals surface area contributed by atoms with Crippen molar-refractivity contribution >= 4 is 10.2 Å². The van der Waals surface area contributed by atoms with Crippen LogP contribution in [0, 0.1) is 0 Å². The van der Waals surface area contributed by atoms with Gasteiger partial charge < -0.3 is 0 Å². The smallest absolute Gasteiger partial charge is 0.195 e. The van der Waals surface area contributed by atoms with Gasteiger partial charge in [-0.25, -0.2) is 0 Å². The van der Waals surface area contributed by atoms with Gasteiger partial charge in [-0.1, -0.05) is 54.6 Å². The first kappa shape index (κ1) is 13.0. The highest BCUT2D eigenvalue weighted by molar-refractivity contribution is 7.87. The Morgan fingerprint density at radius 2 is 1.76 bits per heavy atom. The number of benzene rings is 2. The second-order valence-electron chi connectivity index (χ2n) is 5.60. The van der Waals surface area contributed by atoms with E-state index in [1.807, 2.05) is 48.5 Å². The standard InChI is InChI=1S/C16H16N2O2S/c19-21(20)17-16-14-9-5-4-8-13(14)10-15(16)18(21)11-12-6-2-1-3-7-12/h1-9,15-17H,10-11H2/t15-,16+/m1/s1. The Balaban J connectivity index is 1.69. The molecule has 1 saturated heterocycles. The Kier molecular flexibility index (Phi) is 2.89. The number of hydrogen-bond donors (Lipinski definition) is 1. The summed E-state index contributed by atoms with van der Waals surface area (Å²) in [7, 11) is -3.40. The van der Waals surface area contributed by atoms with Gasteiger partial charge in [0.25, 0.3) is 10.2 Å². The van der Waals surface area contributed by atoms with Crippen LogP contribution in [0.1, 0.15) is 22.7 Å². The number of rotatable bonds is 2. The van der Waals surface area contributed by atoms with E-state index in [0.29, 0.717) is 6.54 Å². The van der Waals surface area contributed by atoms with Crippen LogP contribution in [0.3, 0.4) is 0 Å². The van der Waals surface area contributed by atoms with Gasteiger partial charge in [0.05, 0.1) is 12.1 Å². The Labute approximate surface area is 124 Å². The van der Waals surface area contributed by atoms with Crippen molar-refractivity contribution in [2.75, 3.05) is 0 Å². The minimum absolute atomic E-state index is 0.0207. The summed E-state index contributed by atoms with van der Waals surface area (Å²) in [4.78, 5) is 0. The molecule has 4 nitrogen and oxygen atoms in total. The fraction of sp³-hybridized carbons (Fsp3) is 0.250. The molecule has 2 atom stereocenters. The first-order chi connectivity index (χ1) is 10.1. The lowest BCUT2D eigenvalue weighted by Gasteiger charge is -2.20. The van der Waals surface area contributed by atoms with Crippen LogP contribution < -0.4 is 4.72 Å². The van der Waals surface area contributed by atoms with Crippen molar-refractivity contribution in [2.45, 2.75) is 25.0 Å². The van der Waals surface area contributed by atoms with E-state index in [1.54, 1.807) is 4.31 Å². The van der Waals surface area contributed by atoms with Crippen LogP contribution in [-0.2, 0) is 23.2 Å². The summed E-state index contributed by atoms with van der Waals surface area (Å²) in [6.45, 7) is 0.422. The highest BCUT2D eigenvalue weighted by Gasteiger charge is 2.48. The zero-order valence-corrected chi connectivity index (χ0v) is 12.3. The van der Waals surface area contributed by atoms with E-state index >= 15 is 0 Å². The molecule has 5 heteroatoms. The summed E-state index contributed by atoms with van der Waals surface area (Å²) in [6.07, 6.45) is 0.778. The number of nitrogens with one attached hydrogen (secondary N) is 1. The summed E-state index contributed by atoms with van der Waals surface area (Å²) < 4.78 is 29.2. The number of nitrogens with zero attached hydrogens (tertiary/aromatic N) is 1. The quantitative estimate of drug-likeness (QED) is 0.922. The lowest BCUT2D eigenvalue weighted by Crippen LogP contribution is -2.34. The maximum atomic E-state index is 12.4. The maximum Gasteiger partial charge on any atom is 0.280 e. The highest BCUT2D eigenvalue weighted by atomic mass is 32.2. The Hall–Kier alpha value is -1.69. The molecule has 0 amide bonds. The van der Waals surface area contributed by atoms with E-state index in [1.165, 1.54) is 5.56 Å². The van der Waals surface area contributed by atoms with Gasteiger partial charge in [0.1, 0.15) is 0 Å². The molecule has 0 spiro atoms. The van der Waals surface area contributed by atoms with Gasteiger partial charge in [-0.2, -0.15) is 17.4 Å². The number of hydrogen-bond acceptors (Lipinski definition) is 2. The minimum atomic E-state index is -3.40. The predicted molar refractivity (Wildman–Crippen MR) is 80.7 cm³/mol. The fourth-order valence-electron chi connectivity index (χ4n) is 3.36. The van der Waals surface area contributed by atoms with Crippen LogP contribution in [-0.4, -0.2) is 18.8 Å². The molecule has 1 aliphatic carbocycles. The molecule has 1 fully saturated rings. The Bertz CT molecular complexity index is 774. The molecule has 0 bridgehead atoms. The van der Waals surface area contributed by atoms with Crippen LogP contribution in [0.25, 0.3) is 0 Å². The molecule has 0 radical (unpaired) electrons. The summed E-state index contributed by atoms with van der Waals surface area (Å²) in [5.41, 5.74) is 3.37. The summed E-state index contributed by atoms with van der Waals surface area (Å²) in [5, 5.41) is 0. The van der Waals surface area contributed by atoms with Gasteiger partial charge in [-0.3, -0.25) is 0 Å². The van der Waals surface area contributed by atoms with Crippen LogP contribution in [0.4, 0.5) is 0 Å². The van der Waals surface area contributed by atoms with Crippen molar-refractivity contribution in [1.82, 2.24) is 9.03 Å². The topological polar surface area (TPSA) is 49.4 Å². The van der Waals surface area contributed by atoms with Crippen molar-refractivity contribution in [2.24, 2.45) is 0 Å². The number of fused-ring (bicyclic) bond motifs is 3. The predicted octanol–water partition coefficient (Wildman–Crippen LogP) is 2.00. The van der Waals surface area contributed by atoms with E-state index in [4.69, 9.17) is 0 Å². The van der Waals surface area contributed by atoms with E-state index in [2.05, 4.69) is 10.8 Å². The normalized spacial score (nSPS) is 26.5. The van der Waals surface area contributed by atoms with Crippen molar-refractivity contribution in [3.63, 3.8) is 0 Å². The van der Waals surface area contributed by atoms with Gasteiger partial charge in [-0.05, 0) is 23.1 Å². The molecule has 2 aromatic carbocycles. The molecule has 4 rings (SSSR count). The molecule has 1 heterocycles. The molecule has 1 N–H and O–H groups in total. The van der Waals surface area contributed by atoms with Crippen LogP contribution >= 0.6 is 0 Å². The Morgan fingerprint density at radius 3 is 2.57 bits per heavy atom. The van der Waals surface area contributed by atoms with E-state index in [-0.39, 0.29) is 12.1 Å². The SMILES string of the molecule is O=S1(=O)N[C@H]2c3ccccc3C[C@H]2N1Cc1ccccc1. The largest absolute Gasteiger partial charge is 0.280 e. The second kappa shape index (κ2) is 4.66. The molecule has 1 aliphatic heterocycles. The first-order valence-electron chi connectivity index (χ1n) is 7.06. The summed E-state index contributed by atoms with van der Waals surface area (Å²) >= 11 is 0. The van der Waals surface area contributed by atoms with Crippen molar-refractivity contribution in [3.05, 3.63) is 71.3 Å². The van der Waals surface area contributed by atoms with Crippen LogP contribution in [0.15, 0.2) is 54.6 Å². The van der Waals surface area contributed by atoms with Crippen LogP contribution in [0.5, 0.6) is 0 Å². The fourth-order valence-corrected chi connectivity index (χ4v) is 4.97. The molecule has 0 saturated carbocycles. The van der Waals surface area contributed by atoms with Crippen LogP contribution in [0.2, 0.25) is 0 Å². The van der Waals surface area contributed by atoms with Crippen molar-refractivity contribution in [3.8, 4) is 0 Å². The molecule has 0 aromatic heterocycles. The third kappa shape index (κ3) is 2.09. The van der Waals surface area contributed by atoms with E-state index in [9.17, 15) is 8.42 Å². The third-order valence-corrected chi connectivity index (χ3v) is 5.91. The average molecular weight is 300 g/mol. The lowest BCUT2D eigenvalue weighted by atomic mass is 10.1. The highest BCUT2D eigenvalue weighted by Crippen LogP contribution is 2.40. The van der Waals surface area contributed by atoms with Gasteiger partial charge in [0.2, 0.25) is 0 Å². The molecule has 2 aliphatic rings. The van der Waals surface area contributed by atoms with Gasteiger partial charge in [0.15, 0.2) is 0 Å². The molecule has 2 aromatic rings. The molecular formula is C16H16N2O2S. The van der Waals surface area contributed by atoms with Gasteiger partial charge >= 0.3 is 0 Å². The Morgan fingerprint density at radius 1 is 1.05 bits per heavy atom. The average Bonchev–Trinajstić information content (AvgIpc) is 2.94. The molecule has 0 unspecified atom stereocenters. The minimum Gasteiger partial charge on any atom is -0.195 e. The second-order valence-corrected chi connectivity index (χ2v) is 7.26. The summed E-state index contributed by atoms with van der Waals surface area (Å²) in [5.74, 6) is 0. The molecular weight excluding hydrogens is 284 g/mol. The van der Waals surface area contributed by atoms with E-state index in [0.717, 1.165) is 17.5 Å². The van der Waals surface area contributed by atoms with Gasteiger partial charge in [0, 0.05) is 6.54 Å². The monoisotopic (exact) mass is 300 g/mol. The van der Waals surface area contributed by atoms with Crippen molar-refractivity contribution < 1.29 is 8.42 Å².